The van der Waals surface area contributed by atoms with Gasteiger partial charge >= 0.3 is 5.97 Å². The molecule has 3 aromatic rings. The van der Waals surface area contributed by atoms with Crippen LogP contribution < -0.4 is 0 Å². The van der Waals surface area contributed by atoms with E-state index < -0.39 is 16.8 Å². The lowest BCUT2D eigenvalue weighted by molar-refractivity contribution is -0.137. The van der Waals surface area contributed by atoms with Crippen molar-refractivity contribution in [3.8, 4) is 0 Å². The lowest BCUT2D eigenvalue weighted by Gasteiger charge is -2.36. The highest BCUT2D eigenvalue weighted by molar-refractivity contribution is 8.00. The normalized spacial score (nSPS) is 16.6. The fraction of sp³-hybridized carbons (Fsp3) is 0.343. The van der Waals surface area contributed by atoms with E-state index in [4.69, 9.17) is 4.99 Å². The third-order valence-corrected chi connectivity index (χ3v) is 8.96. The highest BCUT2D eigenvalue weighted by Gasteiger charge is 2.39. The summed E-state index contributed by atoms with van der Waals surface area (Å²) in [6, 6.07) is 29.2. The number of aliphatic imine (C=N–C) groups is 1. The molecule has 3 aromatic carbocycles. The number of allylic oxidation sites excluding steroid dienone is 2. The lowest BCUT2D eigenvalue weighted by atomic mass is 9.75. The van der Waals surface area contributed by atoms with Crippen LogP contribution in [0.5, 0.6) is 0 Å². The number of hydrogen-bond acceptors (Lipinski definition) is 5. The number of aliphatic carboxylic acids is 1. The number of aliphatic hydroxyl groups is 1. The molecule has 1 aliphatic rings. The average molecular weight is 570 g/mol. The van der Waals surface area contributed by atoms with Crippen LogP contribution in [0, 0.1) is 11.3 Å². The van der Waals surface area contributed by atoms with Crippen LogP contribution in [0.4, 0.5) is 0 Å². The number of carboxylic acid groups (broad SMARTS) is 1. The maximum atomic E-state index is 13.2. The molecule has 1 atom stereocenters. The molecule has 4 rings (SSSR count). The van der Waals surface area contributed by atoms with Crippen LogP contribution in [0.25, 0.3) is 0 Å². The Labute approximate surface area is 247 Å². The van der Waals surface area contributed by atoms with E-state index in [1.54, 1.807) is 0 Å². The van der Waals surface area contributed by atoms with Gasteiger partial charge in [-0.3, -0.25) is 9.79 Å². The number of carbonyl (C=O) groups excluding carboxylic acids is 1. The predicted octanol–water partition coefficient (Wildman–Crippen LogP) is 7.85. The van der Waals surface area contributed by atoms with Crippen LogP contribution in [0.15, 0.2) is 107 Å². The topological polar surface area (TPSA) is 87.0 Å². The fourth-order valence-corrected chi connectivity index (χ4v) is 7.08. The van der Waals surface area contributed by atoms with Crippen molar-refractivity contribution in [1.29, 1.82) is 0 Å². The van der Waals surface area contributed by atoms with Crippen LogP contribution in [-0.4, -0.2) is 39.5 Å². The van der Waals surface area contributed by atoms with Gasteiger partial charge in [0, 0.05) is 18.6 Å². The fourth-order valence-electron chi connectivity index (χ4n) is 5.55. The molecule has 0 heterocycles. The lowest BCUT2D eigenvalue weighted by Crippen LogP contribution is -2.33. The third kappa shape index (κ3) is 6.99. The number of hydrogen-bond donors (Lipinski definition) is 2. The van der Waals surface area contributed by atoms with Crippen LogP contribution in [0.3, 0.4) is 0 Å². The van der Waals surface area contributed by atoms with Crippen molar-refractivity contribution in [2.45, 2.75) is 57.7 Å². The van der Waals surface area contributed by atoms with Gasteiger partial charge in [-0.2, -0.15) is 0 Å². The van der Waals surface area contributed by atoms with Crippen molar-refractivity contribution in [2.24, 2.45) is 16.3 Å². The summed E-state index contributed by atoms with van der Waals surface area (Å²) in [5.41, 5.74) is 3.33. The Kier molecular flexibility index (Phi) is 9.54. The molecule has 2 N–H and O–H groups in total. The molecule has 0 fully saturated rings. The molecule has 41 heavy (non-hydrogen) atoms. The van der Waals surface area contributed by atoms with E-state index in [1.807, 2.05) is 82.3 Å². The van der Waals surface area contributed by atoms with Gasteiger partial charge in [0.15, 0.2) is 11.8 Å². The number of carboxylic acids is 1. The summed E-state index contributed by atoms with van der Waals surface area (Å²) in [6.07, 6.45) is 1.05. The zero-order chi connectivity index (χ0) is 29.6. The first-order valence-corrected chi connectivity index (χ1v) is 15.1. The molecule has 0 unspecified atom stereocenters. The van der Waals surface area contributed by atoms with Gasteiger partial charge < -0.3 is 10.2 Å². The van der Waals surface area contributed by atoms with Crippen molar-refractivity contribution in [3.63, 3.8) is 0 Å². The molecule has 0 aliphatic heterocycles. The summed E-state index contributed by atoms with van der Waals surface area (Å²) < 4.78 is -0.697. The van der Waals surface area contributed by atoms with Gasteiger partial charge in [-0.1, -0.05) is 119 Å². The molecule has 6 heteroatoms. The molecule has 1 aliphatic carbocycles. The van der Waals surface area contributed by atoms with E-state index in [0.29, 0.717) is 18.6 Å². The number of aliphatic hydroxyl groups excluding tert-OH is 1. The number of rotatable bonds is 11. The largest absolute Gasteiger partial charge is 0.511 e. The molecule has 0 bridgehead atoms. The van der Waals surface area contributed by atoms with Crippen molar-refractivity contribution < 1.29 is 19.8 Å². The minimum absolute atomic E-state index is 0.00893. The first-order chi connectivity index (χ1) is 19.5. The predicted molar refractivity (Wildman–Crippen MR) is 168 cm³/mol. The summed E-state index contributed by atoms with van der Waals surface area (Å²) in [4.78, 5) is 30.7. The van der Waals surface area contributed by atoms with Crippen LogP contribution in [0.2, 0.25) is 0 Å². The molecule has 0 amide bonds. The zero-order valence-electron chi connectivity index (χ0n) is 24.2. The van der Waals surface area contributed by atoms with E-state index in [1.165, 1.54) is 11.8 Å². The maximum Gasteiger partial charge on any atom is 0.329 e. The van der Waals surface area contributed by atoms with E-state index in [2.05, 4.69) is 36.4 Å². The monoisotopic (exact) mass is 569 g/mol. The summed E-state index contributed by atoms with van der Waals surface area (Å²) >= 11 is 1.52. The number of thioether (sulfide) groups is 1. The van der Waals surface area contributed by atoms with E-state index >= 15 is 0 Å². The second kappa shape index (κ2) is 12.9. The van der Waals surface area contributed by atoms with Crippen LogP contribution in [0.1, 0.15) is 63.6 Å². The van der Waals surface area contributed by atoms with Gasteiger partial charge in [-0.15, -0.1) is 11.8 Å². The minimum atomic E-state index is -1.12. The van der Waals surface area contributed by atoms with E-state index in [9.17, 15) is 19.8 Å². The zero-order valence-corrected chi connectivity index (χ0v) is 25.0. The van der Waals surface area contributed by atoms with Gasteiger partial charge in [-0.25, -0.2) is 4.79 Å². The maximum absolute atomic E-state index is 13.2. The quantitative estimate of drug-likeness (QED) is 0.181. The summed E-state index contributed by atoms with van der Waals surface area (Å²) in [6.45, 7) is 7.90. The minimum Gasteiger partial charge on any atom is -0.511 e. The van der Waals surface area contributed by atoms with E-state index in [0.717, 1.165) is 16.7 Å². The summed E-state index contributed by atoms with van der Waals surface area (Å²) in [5, 5.41) is 21.3. The Morgan fingerprint density at radius 1 is 0.878 bits per heavy atom. The second-order valence-corrected chi connectivity index (χ2v) is 13.1. The molecule has 0 spiro atoms. The Morgan fingerprint density at radius 2 is 1.34 bits per heavy atom. The van der Waals surface area contributed by atoms with Gasteiger partial charge in [0.2, 0.25) is 0 Å². The molecule has 214 valence electrons. The van der Waals surface area contributed by atoms with Crippen molar-refractivity contribution in [1.82, 2.24) is 0 Å². The molecule has 0 aromatic heterocycles. The van der Waals surface area contributed by atoms with Gasteiger partial charge in [0.05, 0.1) is 16.0 Å². The Bertz CT molecular complexity index is 1320. The SMILES string of the molecule is CC(C)CC(=N[C@H](CSC(c1ccccc1)(c1ccccc1)c1ccccc1)C(=O)O)C1=C(O)CC(C)(C)CC1=O. The Morgan fingerprint density at radius 3 is 1.73 bits per heavy atom. The van der Waals surface area contributed by atoms with Crippen molar-refractivity contribution >= 4 is 29.2 Å². The molecule has 0 radical (unpaired) electrons. The first kappa shape index (κ1) is 30.3. The van der Waals surface area contributed by atoms with Gasteiger partial charge in [0.1, 0.15) is 5.76 Å². The number of carbonyl (C=O) groups is 2. The Hall–Kier alpha value is -3.64. The standard InChI is InChI=1S/C35H39NO4S/c1-24(2)20-28(32-30(37)21-34(3,4)22-31(32)38)36-29(33(39)40)23-41-35(25-14-8-5-9-15-25,26-16-10-6-11-17-26)27-18-12-7-13-19-27/h5-19,24,29,37H,20-23H2,1-4H3,(H,39,40)/t29-/m1/s1. The van der Waals surface area contributed by atoms with Crippen LogP contribution >= 0.6 is 11.8 Å². The van der Waals surface area contributed by atoms with Crippen molar-refractivity contribution in [2.75, 3.05) is 5.75 Å². The number of Topliss-reactive ketones (excluding diaryl/α,β-unsaturated/α-hetero) is 1. The highest BCUT2D eigenvalue weighted by atomic mass is 32.2. The molecule has 0 saturated heterocycles. The summed E-state index contributed by atoms with van der Waals surface area (Å²) in [7, 11) is 0. The number of benzene rings is 3. The first-order valence-electron chi connectivity index (χ1n) is 14.1. The van der Waals surface area contributed by atoms with E-state index in [-0.39, 0.29) is 40.6 Å². The molecular weight excluding hydrogens is 530 g/mol. The highest BCUT2D eigenvalue weighted by Crippen LogP contribution is 2.49. The average Bonchev–Trinajstić information content (AvgIpc) is 2.93. The number of ketones is 1. The molecular formula is C35H39NO4S. The number of nitrogens with zero attached hydrogens (tertiary/aromatic N) is 1. The summed E-state index contributed by atoms with van der Waals surface area (Å²) in [5.74, 6) is -0.957. The third-order valence-electron chi connectivity index (χ3n) is 7.34. The molecule has 5 nitrogen and oxygen atoms in total. The van der Waals surface area contributed by atoms with Gasteiger partial charge in [-0.05, 0) is 34.4 Å². The van der Waals surface area contributed by atoms with Crippen LogP contribution in [-0.2, 0) is 14.3 Å². The smallest absolute Gasteiger partial charge is 0.329 e. The second-order valence-electron chi connectivity index (χ2n) is 11.9. The van der Waals surface area contributed by atoms with Gasteiger partial charge in [0.25, 0.3) is 0 Å². The van der Waals surface area contributed by atoms with Crippen molar-refractivity contribution in [3.05, 3.63) is 119 Å². The Balaban J connectivity index is 1.82. The molecule has 0 saturated carbocycles.